The van der Waals surface area contributed by atoms with Gasteiger partial charge in [0.25, 0.3) is 5.91 Å². The third-order valence-corrected chi connectivity index (χ3v) is 8.74. The van der Waals surface area contributed by atoms with Crippen LogP contribution in [0.1, 0.15) is 26.7 Å². The van der Waals surface area contributed by atoms with Gasteiger partial charge < -0.3 is 4.90 Å². The van der Waals surface area contributed by atoms with Gasteiger partial charge in [0.15, 0.2) is 15.0 Å². The van der Waals surface area contributed by atoms with Gasteiger partial charge in [0.2, 0.25) is 0 Å². The van der Waals surface area contributed by atoms with Crippen LogP contribution in [0.5, 0.6) is 0 Å². The molecule has 3 rings (SSSR count). The van der Waals surface area contributed by atoms with Crippen molar-refractivity contribution < 1.29 is 13.2 Å². The van der Waals surface area contributed by atoms with Gasteiger partial charge in [-0.25, -0.2) is 8.42 Å². The second-order valence-electron chi connectivity index (χ2n) is 6.52. The number of sulfone groups is 1. The zero-order valence-corrected chi connectivity index (χ0v) is 17.6. The maximum absolute atomic E-state index is 12.5. The van der Waals surface area contributed by atoms with E-state index in [1.807, 2.05) is 18.7 Å². The van der Waals surface area contributed by atoms with E-state index >= 15 is 0 Å². The summed E-state index contributed by atoms with van der Waals surface area (Å²) in [6.07, 6.45) is 1.45. The largest absolute Gasteiger partial charge is 0.316 e. The number of hydrogen-bond donors (Lipinski definition) is 0. The Morgan fingerprint density at radius 1 is 1.27 bits per heavy atom. The van der Waals surface area contributed by atoms with Gasteiger partial charge in [-0.2, -0.15) is 4.99 Å². The molecule has 26 heavy (non-hydrogen) atoms. The van der Waals surface area contributed by atoms with E-state index in [1.165, 1.54) is 11.8 Å². The summed E-state index contributed by atoms with van der Waals surface area (Å²) >= 11 is 13.5. The van der Waals surface area contributed by atoms with Crippen LogP contribution < -0.4 is 4.90 Å². The fraction of sp³-hybridized carbons (Fsp3) is 0.529. The first-order chi connectivity index (χ1) is 12.3. The summed E-state index contributed by atoms with van der Waals surface area (Å²) in [5, 5.41) is 1.21. The van der Waals surface area contributed by atoms with Crippen LogP contribution in [0.4, 0.5) is 5.69 Å². The van der Waals surface area contributed by atoms with Crippen LogP contribution in [0.25, 0.3) is 0 Å². The molecule has 2 heterocycles. The summed E-state index contributed by atoms with van der Waals surface area (Å²) in [6.45, 7) is 3.93. The van der Waals surface area contributed by atoms with Crippen LogP contribution in [-0.4, -0.2) is 42.3 Å². The normalized spacial score (nSPS) is 25.9. The van der Waals surface area contributed by atoms with E-state index in [-0.39, 0.29) is 34.6 Å². The molecule has 9 heteroatoms. The number of amides is 1. The molecule has 2 saturated heterocycles. The Morgan fingerprint density at radius 3 is 2.58 bits per heavy atom. The van der Waals surface area contributed by atoms with Crippen LogP contribution >= 0.6 is 35.0 Å². The molecule has 0 aromatic heterocycles. The van der Waals surface area contributed by atoms with Gasteiger partial charge in [-0.3, -0.25) is 4.79 Å². The lowest BCUT2D eigenvalue weighted by atomic mass is 10.0. The number of rotatable bonds is 4. The first-order valence-corrected chi connectivity index (χ1v) is 11.9. The van der Waals surface area contributed by atoms with E-state index in [0.29, 0.717) is 20.9 Å². The summed E-state index contributed by atoms with van der Waals surface area (Å²) in [7, 11) is -3.10. The second-order valence-corrected chi connectivity index (χ2v) is 10.7. The second kappa shape index (κ2) is 7.70. The minimum absolute atomic E-state index is 0.0447. The Labute approximate surface area is 168 Å². The Bertz CT molecular complexity index is 854. The number of nitrogens with zero attached hydrogens (tertiary/aromatic N) is 2. The van der Waals surface area contributed by atoms with Crippen molar-refractivity contribution in [2.75, 3.05) is 16.4 Å². The van der Waals surface area contributed by atoms with E-state index < -0.39 is 9.84 Å². The number of benzene rings is 1. The van der Waals surface area contributed by atoms with Gasteiger partial charge in [-0.05, 0) is 31.0 Å². The van der Waals surface area contributed by atoms with Gasteiger partial charge in [0, 0.05) is 16.9 Å². The van der Waals surface area contributed by atoms with E-state index in [4.69, 9.17) is 23.2 Å². The molecular formula is C17H20Cl2N2O3S2. The van der Waals surface area contributed by atoms with E-state index in [1.54, 1.807) is 18.2 Å². The highest BCUT2D eigenvalue weighted by molar-refractivity contribution is 8.16. The van der Waals surface area contributed by atoms with Gasteiger partial charge in [-0.15, -0.1) is 0 Å². The number of carbonyl (C=O) groups is 1. The minimum atomic E-state index is -3.10. The average molecular weight is 435 g/mol. The molecule has 1 aromatic carbocycles. The standard InChI is InChI=1S/C17H20Cl2N2O3S2/c1-3-10(4-2)16(22)20-17-21(11-5-6-12(18)13(19)7-11)14-8-26(23,24)9-15(14)25-17/h5-7,10,14-15H,3-4,8-9H2,1-2H3/t14-,15-/m1/s1. The molecule has 0 spiro atoms. The quantitative estimate of drug-likeness (QED) is 0.715. The molecule has 1 amide bonds. The zero-order valence-electron chi connectivity index (χ0n) is 14.5. The lowest BCUT2D eigenvalue weighted by Crippen LogP contribution is -2.37. The maximum Gasteiger partial charge on any atom is 0.251 e. The van der Waals surface area contributed by atoms with Crippen molar-refractivity contribution in [1.82, 2.24) is 0 Å². The summed E-state index contributed by atoms with van der Waals surface area (Å²) in [6, 6.07) is 4.88. The van der Waals surface area contributed by atoms with Crippen molar-refractivity contribution in [3.05, 3.63) is 28.2 Å². The highest BCUT2D eigenvalue weighted by Gasteiger charge is 2.49. The molecule has 5 nitrogen and oxygen atoms in total. The van der Waals surface area contributed by atoms with Crippen LogP contribution in [0.3, 0.4) is 0 Å². The maximum atomic E-state index is 12.5. The summed E-state index contributed by atoms with van der Waals surface area (Å²) in [4.78, 5) is 18.7. The van der Waals surface area contributed by atoms with Crippen molar-refractivity contribution in [3.8, 4) is 0 Å². The van der Waals surface area contributed by atoms with Gasteiger partial charge >= 0.3 is 0 Å². The Morgan fingerprint density at radius 2 is 1.96 bits per heavy atom. The minimum Gasteiger partial charge on any atom is -0.316 e. The third-order valence-electron chi connectivity index (χ3n) is 4.79. The topological polar surface area (TPSA) is 66.8 Å². The first-order valence-electron chi connectivity index (χ1n) is 8.49. The number of aliphatic imine (C=N–C) groups is 1. The van der Waals surface area contributed by atoms with Gasteiger partial charge in [-0.1, -0.05) is 48.8 Å². The molecule has 2 atom stereocenters. The van der Waals surface area contributed by atoms with Crippen LogP contribution in [0.15, 0.2) is 23.2 Å². The van der Waals surface area contributed by atoms with Gasteiger partial charge in [0.05, 0.1) is 27.6 Å². The third kappa shape index (κ3) is 3.91. The number of amidine groups is 1. The molecule has 0 saturated carbocycles. The lowest BCUT2D eigenvalue weighted by molar-refractivity contribution is -0.121. The van der Waals surface area contributed by atoms with Crippen molar-refractivity contribution in [3.63, 3.8) is 0 Å². The number of anilines is 1. The molecule has 0 bridgehead atoms. The summed E-state index contributed by atoms with van der Waals surface area (Å²) in [5.41, 5.74) is 0.701. The molecule has 0 radical (unpaired) electrons. The van der Waals surface area contributed by atoms with Crippen LogP contribution in [0.2, 0.25) is 10.0 Å². The number of carbonyl (C=O) groups excluding carboxylic acids is 1. The molecule has 2 aliphatic heterocycles. The fourth-order valence-electron chi connectivity index (χ4n) is 3.32. The van der Waals surface area contributed by atoms with Crippen molar-refractivity contribution in [1.29, 1.82) is 0 Å². The molecule has 0 N–H and O–H groups in total. The fourth-order valence-corrected chi connectivity index (χ4v) is 7.54. The molecule has 142 valence electrons. The number of fused-ring (bicyclic) bond motifs is 1. The van der Waals surface area contributed by atoms with E-state index in [2.05, 4.69) is 4.99 Å². The molecule has 1 aromatic rings. The van der Waals surface area contributed by atoms with Crippen molar-refractivity contribution >= 4 is 61.6 Å². The van der Waals surface area contributed by atoms with Crippen molar-refractivity contribution in [2.45, 2.75) is 38.0 Å². The number of hydrogen-bond acceptors (Lipinski definition) is 4. The Hall–Kier alpha value is -0.760. The highest BCUT2D eigenvalue weighted by Crippen LogP contribution is 2.42. The molecule has 2 aliphatic rings. The zero-order chi connectivity index (χ0) is 19.1. The smallest absolute Gasteiger partial charge is 0.251 e. The lowest BCUT2D eigenvalue weighted by Gasteiger charge is -2.25. The van der Waals surface area contributed by atoms with Crippen LogP contribution in [0, 0.1) is 5.92 Å². The first kappa shape index (κ1) is 20.0. The predicted octanol–water partition coefficient (Wildman–Crippen LogP) is 4.03. The summed E-state index contributed by atoms with van der Waals surface area (Å²) < 4.78 is 24.2. The monoisotopic (exact) mass is 434 g/mol. The number of halogens is 2. The van der Waals surface area contributed by atoms with E-state index in [9.17, 15) is 13.2 Å². The highest BCUT2D eigenvalue weighted by atomic mass is 35.5. The number of thioether (sulfide) groups is 1. The van der Waals surface area contributed by atoms with Gasteiger partial charge in [0.1, 0.15) is 0 Å². The average Bonchev–Trinajstić information content (AvgIpc) is 3.02. The SMILES string of the molecule is CCC(CC)C(=O)N=C1S[C@@H]2CS(=O)(=O)C[C@H]2N1c1ccc(Cl)c(Cl)c1. The van der Waals surface area contributed by atoms with Crippen molar-refractivity contribution in [2.24, 2.45) is 10.9 Å². The Balaban J connectivity index is 2.01. The molecule has 0 unspecified atom stereocenters. The molecule has 2 fully saturated rings. The Kier molecular flexibility index (Phi) is 5.92. The molecular weight excluding hydrogens is 415 g/mol. The van der Waals surface area contributed by atoms with Crippen LogP contribution in [-0.2, 0) is 14.6 Å². The molecule has 0 aliphatic carbocycles. The predicted molar refractivity (Wildman–Crippen MR) is 109 cm³/mol. The van der Waals surface area contributed by atoms with E-state index in [0.717, 1.165) is 12.8 Å². The summed E-state index contributed by atoms with van der Waals surface area (Å²) in [5.74, 6) is -0.144.